The average molecular weight is 267 g/mol. The minimum absolute atomic E-state index is 0.0466. The van der Waals surface area contributed by atoms with Crippen molar-refractivity contribution in [3.8, 4) is 5.75 Å². The molecule has 0 aliphatic heterocycles. The molecule has 2 N–H and O–H groups in total. The van der Waals surface area contributed by atoms with Crippen LogP contribution in [0.25, 0.3) is 0 Å². The Bertz CT molecular complexity index is 394. The van der Waals surface area contributed by atoms with Crippen LogP contribution in [-0.2, 0) is 0 Å². The Kier molecular flexibility index (Phi) is 4.28. The van der Waals surface area contributed by atoms with Gasteiger partial charge in [-0.15, -0.1) is 0 Å². The molecule has 1 aromatic carbocycles. The molecule has 2 nitrogen and oxygen atoms in total. The van der Waals surface area contributed by atoms with Crippen molar-refractivity contribution in [2.75, 3.05) is 6.61 Å². The molecule has 0 aliphatic carbocycles. The minimum Gasteiger partial charge on any atom is -0.487 e. The van der Waals surface area contributed by atoms with Gasteiger partial charge in [0.25, 0.3) is 0 Å². The summed E-state index contributed by atoms with van der Waals surface area (Å²) in [5.74, 6) is -4.12. The molecule has 0 amide bonds. The lowest BCUT2D eigenvalue weighted by molar-refractivity contribution is -0.148. The molecule has 0 bridgehead atoms. The van der Waals surface area contributed by atoms with Crippen molar-refractivity contribution in [2.24, 2.45) is 5.73 Å². The highest BCUT2D eigenvalue weighted by molar-refractivity contribution is 7.80. The second-order valence-corrected chi connectivity index (χ2v) is 3.68. The summed E-state index contributed by atoms with van der Waals surface area (Å²) in [5, 5.41) is 0. The van der Waals surface area contributed by atoms with Crippen LogP contribution in [0.2, 0.25) is 0 Å². The molecule has 17 heavy (non-hydrogen) atoms. The lowest BCUT2D eigenvalue weighted by Crippen LogP contribution is -2.33. The van der Waals surface area contributed by atoms with Crippen LogP contribution >= 0.6 is 12.2 Å². The molecule has 7 heteroatoms. The molecule has 0 saturated carbocycles. The smallest absolute Gasteiger partial charge is 0.340 e. The molecule has 0 aromatic heterocycles. The zero-order valence-corrected chi connectivity index (χ0v) is 9.32. The number of hydrogen-bond donors (Lipinski definition) is 1. The van der Waals surface area contributed by atoms with E-state index in [1.807, 2.05) is 0 Å². The first-order chi connectivity index (χ1) is 7.83. The van der Waals surface area contributed by atoms with E-state index in [1.54, 1.807) is 0 Å². The van der Waals surface area contributed by atoms with Gasteiger partial charge in [0.1, 0.15) is 10.7 Å². The summed E-state index contributed by atoms with van der Waals surface area (Å²) in [5.41, 5.74) is 5.85. The maximum atomic E-state index is 12.5. The van der Waals surface area contributed by atoms with Gasteiger partial charge in [0, 0.05) is 5.56 Å². The van der Waals surface area contributed by atoms with Crippen molar-refractivity contribution in [1.29, 1.82) is 0 Å². The molecule has 0 heterocycles. The summed E-state index contributed by atoms with van der Waals surface area (Å²) in [6.45, 7) is -1.38. The van der Waals surface area contributed by atoms with Gasteiger partial charge in [0.2, 0.25) is 0 Å². The van der Waals surface area contributed by atoms with Crippen LogP contribution in [0.4, 0.5) is 17.6 Å². The van der Waals surface area contributed by atoms with Gasteiger partial charge in [0.15, 0.2) is 6.61 Å². The van der Waals surface area contributed by atoms with Gasteiger partial charge in [-0.3, -0.25) is 0 Å². The van der Waals surface area contributed by atoms with Crippen molar-refractivity contribution in [3.05, 3.63) is 29.8 Å². The van der Waals surface area contributed by atoms with E-state index < -0.39 is 19.0 Å². The Labute approximate surface area is 100 Å². The molecule has 94 valence electrons. The van der Waals surface area contributed by atoms with E-state index in [9.17, 15) is 17.6 Å². The second kappa shape index (κ2) is 5.31. The molecule has 0 fully saturated rings. The monoisotopic (exact) mass is 267 g/mol. The molecule has 0 saturated heterocycles. The van der Waals surface area contributed by atoms with E-state index in [4.69, 9.17) is 5.73 Å². The van der Waals surface area contributed by atoms with Crippen LogP contribution in [0.1, 0.15) is 5.56 Å². The molecular formula is C10H9F4NOS. The lowest BCUT2D eigenvalue weighted by atomic mass is 10.2. The highest BCUT2D eigenvalue weighted by Crippen LogP contribution is 2.24. The molecule has 0 aliphatic rings. The molecular weight excluding hydrogens is 258 g/mol. The fourth-order valence-corrected chi connectivity index (χ4v) is 1.09. The zero-order chi connectivity index (χ0) is 13.1. The summed E-state index contributed by atoms with van der Waals surface area (Å²) in [6.07, 6.45) is -3.75. The summed E-state index contributed by atoms with van der Waals surface area (Å²) >= 11 is 4.68. The maximum absolute atomic E-state index is 12.5. The lowest BCUT2D eigenvalue weighted by Gasteiger charge is -2.15. The fourth-order valence-electron chi connectivity index (χ4n) is 0.958. The zero-order valence-electron chi connectivity index (χ0n) is 8.50. The van der Waals surface area contributed by atoms with E-state index in [1.165, 1.54) is 24.3 Å². The number of thiocarbonyl (C=S) groups is 1. The Morgan fingerprint density at radius 3 is 2.24 bits per heavy atom. The first-order valence-corrected chi connectivity index (χ1v) is 4.92. The van der Waals surface area contributed by atoms with Gasteiger partial charge < -0.3 is 10.5 Å². The predicted octanol–water partition coefficient (Wildman–Crippen LogP) is 2.60. The predicted molar refractivity (Wildman–Crippen MR) is 58.8 cm³/mol. The summed E-state index contributed by atoms with van der Waals surface area (Å²) in [7, 11) is 0. The van der Waals surface area contributed by atoms with Crippen molar-refractivity contribution in [3.63, 3.8) is 0 Å². The number of nitrogens with two attached hydrogens (primary N) is 1. The first kappa shape index (κ1) is 13.7. The van der Waals surface area contributed by atoms with Gasteiger partial charge in [-0.05, 0) is 24.3 Å². The average Bonchev–Trinajstić information content (AvgIpc) is 2.27. The number of alkyl halides is 4. The summed E-state index contributed by atoms with van der Waals surface area (Å²) in [4.78, 5) is 0.148. The largest absolute Gasteiger partial charge is 0.487 e. The molecule has 0 spiro atoms. The Morgan fingerprint density at radius 1 is 1.29 bits per heavy atom. The number of halogens is 4. The number of hydrogen-bond acceptors (Lipinski definition) is 2. The van der Waals surface area contributed by atoms with Crippen molar-refractivity contribution < 1.29 is 22.3 Å². The molecule has 0 unspecified atom stereocenters. The SMILES string of the molecule is NC(=S)c1ccc(OCC(F)(F)C(F)F)cc1. The molecule has 0 atom stereocenters. The van der Waals surface area contributed by atoms with E-state index in [0.717, 1.165) is 0 Å². The van der Waals surface area contributed by atoms with Crippen LogP contribution in [0.15, 0.2) is 24.3 Å². The summed E-state index contributed by atoms with van der Waals surface area (Å²) < 4.78 is 53.2. The maximum Gasteiger partial charge on any atom is 0.340 e. The van der Waals surface area contributed by atoms with E-state index in [0.29, 0.717) is 5.56 Å². The van der Waals surface area contributed by atoms with E-state index >= 15 is 0 Å². The standard InChI is InChI=1S/C10H9F4NOS/c11-9(12)10(13,14)5-16-7-3-1-6(2-4-7)8(15)17/h1-4,9H,5H2,(H2,15,17). The molecule has 0 radical (unpaired) electrons. The Morgan fingerprint density at radius 2 is 1.82 bits per heavy atom. The van der Waals surface area contributed by atoms with Crippen LogP contribution in [0, 0.1) is 0 Å². The van der Waals surface area contributed by atoms with Crippen molar-refractivity contribution in [1.82, 2.24) is 0 Å². The highest BCUT2D eigenvalue weighted by Gasteiger charge is 2.41. The topological polar surface area (TPSA) is 35.2 Å². The summed E-state index contributed by atoms with van der Waals surface area (Å²) in [6, 6.07) is 5.57. The highest BCUT2D eigenvalue weighted by atomic mass is 32.1. The van der Waals surface area contributed by atoms with E-state index in [2.05, 4.69) is 17.0 Å². The van der Waals surface area contributed by atoms with Crippen LogP contribution in [-0.4, -0.2) is 23.9 Å². The second-order valence-electron chi connectivity index (χ2n) is 3.24. The first-order valence-electron chi connectivity index (χ1n) is 4.51. The Hall–Kier alpha value is -1.37. The Balaban J connectivity index is 2.62. The molecule has 1 aromatic rings. The van der Waals surface area contributed by atoms with E-state index in [-0.39, 0.29) is 10.7 Å². The van der Waals surface area contributed by atoms with Gasteiger partial charge in [-0.25, -0.2) is 8.78 Å². The quantitative estimate of drug-likeness (QED) is 0.658. The fraction of sp³-hybridized carbons (Fsp3) is 0.300. The molecule has 1 rings (SSSR count). The van der Waals surface area contributed by atoms with Gasteiger partial charge in [0.05, 0.1) is 0 Å². The minimum atomic E-state index is -4.16. The van der Waals surface area contributed by atoms with Crippen molar-refractivity contribution >= 4 is 17.2 Å². The number of rotatable bonds is 5. The van der Waals surface area contributed by atoms with Gasteiger partial charge in [-0.2, -0.15) is 8.78 Å². The van der Waals surface area contributed by atoms with Crippen LogP contribution in [0.5, 0.6) is 5.75 Å². The third-order valence-electron chi connectivity index (χ3n) is 1.89. The van der Waals surface area contributed by atoms with Gasteiger partial charge in [-0.1, -0.05) is 12.2 Å². The number of benzene rings is 1. The van der Waals surface area contributed by atoms with Gasteiger partial charge >= 0.3 is 12.3 Å². The van der Waals surface area contributed by atoms with Crippen LogP contribution < -0.4 is 10.5 Å². The third kappa shape index (κ3) is 3.85. The third-order valence-corrected chi connectivity index (χ3v) is 2.13. The normalized spacial score (nSPS) is 11.6. The van der Waals surface area contributed by atoms with Crippen molar-refractivity contribution in [2.45, 2.75) is 12.3 Å². The van der Waals surface area contributed by atoms with Crippen LogP contribution in [0.3, 0.4) is 0 Å². The number of ether oxygens (including phenoxy) is 1.